The zero-order chi connectivity index (χ0) is 12.4. The van der Waals surface area contributed by atoms with E-state index in [1.807, 2.05) is 0 Å². The Kier molecular flexibility index (Phi) is 2.78. The molecular formula is C11H10N2O4. The molecule has 0 fully saturated rings. The molecule has 2 aromatic rings. The van der Waals surface area contributed by atoms with Gasteiger partial charge in [-0.05, 0) is 18.1 Å². The molecule has 0 aliphatic carbocycles. The lowest BCUT2D eigenvalue weighted by atomic mass is 10.1. The molecule has 6 nitrogen and oxygen atoms in total. The van der Waals surface area contributed by atoms with Gasteiger partial charge >= 0.3 is 5.97 Å². The van der Waals surface area contributed by atoms with E-state index in [4.69, 9.17) is 5.11 Å². The molecule has 1 aromatic carbocycles. The summed E-state index contributed by atoms with van der Waals surface area (Å²) in [6, 6.07) is 4.74. The van der Waals surface area contributed by atoms with Crippen molar-refractivity contribution in [3.05, 3.63) is 40.1 Å². The van der Waals surface area contributed by atoms with Crippen molar-refractivity contribution in [2.45, 2.75) is 12.8 Å². The Labute approximate surface area is 96.0 Å². The molecule has 0 radical (unpaired) electrons. The van der Waals surface area contributed by atoms with Gasteiger partial charge in [0, 0.05) is 18.7 Å². The van der Waals surface area contributed by atoms with Crippen LogP contribution in [0, 0.1) is 10.1 Å². The van der Waals surface area contributed by atoms with Gasteiger partial charge in [-0.25, -0.2) is 0 Å². The van der Waals surface area contributed by atoms with Crippen LogP contribution in [-0.2, 0) is 11.2 Å². The number of nitro benzene ring substituents is 1. The molecule has 2 N–H and O–H groups in total. The molecule has 0 saturated carbocycles. The fourth-order valence-electron chi connectivity index (χ4n) is 1.83. The highest BCUT2D eigenvalue weighted by Gasteiger charge is 2.16. The zero-order valence-electron chi connectivity index (χ0n) is 8.84. The number of aryl methyl sites for hydroxylation is 1. The summed E-state index contributed by atoms with van der Waals surface area (Å²) in [5.41, 5.74) is 1.32. The van der Waals surface area contributed by atoms with Crippen molar-refractivity contribution < 1.29 is 14.8 Å². The number of carbonyl (C=O) groups is 1. The molecule has 0 unspecified atom stereocenters. The van der Waals surface area contributed by atoms with Crippen LogP contribution in [0.5, 0.6) is 0 Å². The average molecular weight is 234 g/mol. The number of nitrogens with one attached hydrogen (secondary N) is 1. The van der Waals surface area contributed by atoms with Crippen LogP contribution in [0.15, 0.2) is 24.4 Å². The second kappa shape index (κ2) is 4.25. The maximum absolute atomic E-state index is 10.9. The molecule has 2 rings (SSSR count). The van der Waals surface area contributed by atoms with Gasteiger partial charge in [0.1, 0.15) is 0 Å². The molecule has 0 spiro atoms. The van der Waals surface area contributed by atoms with E-state index in [2.05, 4.69) is 4.98 Å². The van der Waals surface area contributed by atoms with Crippen LogP contribution >= 0.6 is 0 Å². The lowest BCUT2D eigenvalue weighted by Crippen LogP contribution is -1.97. The molecule has 0 atom stereocenters. The van der Waals surface area contributed by atoms with E-state index in [1.165, 1.54) is 6.07 Å². The molecule has 0 aliphatic heterocycles. The van der Waals surface area contributed by atoms with Crippen molar-refractivity contribution in [2.75, 3.05) is 0 Å². The lowest BCUT2D eigenvalue weighted by molar-refractivity contribution is -0.383. The number of nitro groups is 1. The van der Waals surface area contributed by atoms with Crippen LogP contribution in [0.4, 0.5) is 5.69 Å². The van der Waals surface area contributed by atoms with Crippen molar-refractivity contribution in [3.63, 3.8) is 0 Å². The fourth-order valence-corrected chi connectivity index (χ4v) is 1.83. The number of aromatic amines is 1. The summed E-state index contributed by atoms with van der Waals surface area (Å²) in [4.78, 5) is 23.8. The monoisotopic (exact) mass is 234 g/mol. The minimum atomic E-state index is -0.919. The van der Waals surface area contributed by atoms with Gasteiger partial charge in [0.05, 0.1) is 15.8 Å². The third kappa shape index (κ3) is 2.10. The Morgan fingerprint density at radius 2 is 2.24 bits per heavy atom. The van der Waals surface area contributed by atoms with Crippen LogP contribution in [0.3, 0.4) is 0 Å². The van der Waals surface area contributed by atoms with Crippen molar-refractivity contribution >= 4 is 22.6 Å². The first-order valence-corrected chi connectivity index (χ1v) is 5.04. The van der Waals surface area contributed by atoms with Crippen molar-refractivity contribution in [2.24, 2.45) is 0 Å². The van der Waals surface area contributed by atoms with Crippen LogP contribution in [-0.4, -0.2) is 21.0 Å². The summed E-state index contributed by atoms with van der Waals surface area (Å²) in [6.45, 7) is 0. The molecule has 0 amide bonds. The summed E-state index contributed by atoms with van der Waals surface area (Å²) in [7, 11) is 0. The number of rotatable bonds is 4. The molecule has 17 heavy (non-hydrogen) atoms. The van der Waals surface area contributed by atoms with E-state index in [0.717, 1.165) is 0 Å². The number of carboxylic acids is 1. The Balaban J connectivity index is 2.49. The summed E-state index contributed by atoms with van der Waals surface area (Å²) in [5.74, 6) is -0.919. The quantitative estimate of drug-likeness (QED) is 0.625. The second-order valence-corrected chi connectivity index (χ2v) is 3.66. The van der Waals surface area contributed by atoms with E-state index in [-0.39, 0.29) is 18.5 Å². The number of fused-ring (bicyclic) bond motifs is 1. The van der Waals surface area contributed by atoms with E-state index < -0.39 is 10.9 Å². The standard InChI is InChI=1S/C11H10N2O4/c14-10(15)5-4-7-6-12-8-2-1-3-9(11(7)8)13(16)17/h1-3,6,12H,4-5H2,(H,14,15). The predicted molar refractivity (Wildman–Crippen MR) is 60.9 cm³/mol. The second-order valence-electron chi connectivity index (χ2n) is 3.66. The number of non-ortho nitro benzene ring substituents is 1. The summed E-state index contributed by atoms with van der Waals surface area (Å²) < 4.78 is 0. The molecular weight excluding hydrogens is 224 g/mol. The van der Waals surface area contributed by atoms with Gasteiger partial charge in [0.15, 0.2) is 0 Å². The molecule has 1 heterocycles. The van der Waals surface area contributed by atoms with Crippen molar-refractivity contribution in [1.29, 1.82) is 0 Å². The van der Waals surface area contributed by atoms with Crippen LogP contribution in [0.25, 0.3) is 10.9 Å². The van der Waals surface area contributed by atoms with Crippen molar-refractivity contribution in [3.8, 4) is 0 Å². The van der Waals surface area contributed by atoms with Gasteiger partial charge in [-0.15, -0.1) is 0 Å². The first kappa shape index (κ1) is 11.1. The Bertz CT molecular complexity index is 588. The first-order chi connectivity index (χ1) is 8.09. The summed E-state index contributed by atoms with van der Waals surface area (Å²) in [6.07, 6.45) is 1.86. The number of carboxylic acid groups (broad SMARTS) is 1. The maximum Gasteiger partial charge on any atom is 0.303 e. The number of nitrogens with zero attached hydrogens (tertiary/aromatic N) is 1. The minimum absolute atomic E-state index is 0.00383. The van der Waals surface area contributed by atoms with Gasteiger partial charge in [-0.1, -0.05) is 6.07 Å². The number of hydrogen-bond donors (Lipinski definition) is 2. The van der Waals surface area contributed by atoms with E-state index in [9.17, 15) is 14.9 Å². The average Bonchev–Trinajstić information content (AvgIpc) is 2.69. The Hall–Kier alpha value is -2.37. The number of hydrogen-bond acceptors (Lipinski definition) is 3. The SMILES string of the molecule is O=C(O)CCc1c[nH]c2cccc([N+](=O)[O-])c12. The molecule has 1 aromatic heterocycles. The van der Waals surface area contributed by atoms with Crippen molar-refractivity contribution in [1.82, 2.24) is 4.98 Å². The molecule has 88 valence electrons. The van der Waals surface area contributed by atoms with Gasteiger partial charge in [-0.2, -0.15) is 0 Å². The number of aromatic nitrogens is 1. The van der Waals surface area contributed by atoms with Crippen LogP contribution < -0.4 is 0 Å². The van der Waals surface area contributed by atoms with Gasteiger partial charge in [-0.3, -0.25) is 14.9 Å². The lowest BCUT2D eigenvalue weighted by Gasteiger charge is -1.98. The van der Waals surface area contributed by atoms with E-state index >= 15 is 0 Å². The van der Waals surface area contributed by atoms with Gasteiger partial charge in [0.2, 0.25) is 0 Å². The fraction of sp³-hybridized carbons (Fsp3) is 0.182. The summed E-state index contributed by atoms with van der Waals surface area (Å²) >= 11 is 0. The normalized spacial score (nSPS) is 10.6. The summed E-state index contributed by atoms with van der Waals surface area (Å²) in [5, 5.41) is 20.0. The van der Waals surface area contributed by atoms with E-state index in [0.29, 0.717) is 16.5 Å². The number of H-pyrrole nitrogens is 1. The zero-order valence-corrected chi connectivity index (χ0v) is 8.84. The predicted octanol–water partition coefficient (Wildman–Crippen LogP) is 2.09. The highest BCUT2D eigenvalue weighted by atomic mass is 16.6. The topological polar surface area (TPSA) is 96.2 Å². The molecule has 0 bridgehead atoms. The largest absolute Gasteiger partial charge is 0.481 e. The highest BCUT2D eigenvalue weighted by Crippen LogP contribution is 2.29. The third-order valence-electron chi connectivity index (χ3n) is 2.57. The number of aliphatic carboxylic acids is 1. The van der Waals surface area contributed by atoms with Gasteiger partial charge < -0.3 is 10.1 Å². The van der Waals surface area contributed by atoms with Crippen LogP contribution in [0.1, 0.15) is 12.0 Å². The molecule has 6 heteroatoms. The highest BCUT2D eigenvalue weighted by molar-refractivity contribution is 5.92. The van der Waals surface area contributed by atoms with Gasteiger partial charge in [0.25, 0.3) is 5.69 Å². The van der Waals surface area contributed by atoms with E-state index in [1.54, 1.807) is 18.3 Å². The number of benzene rings is 1. The smallest absolute Gasteiger partial charge is 0.303 e. The molecule has 0 aliphatic rings. The minimum Gasteiger partial charge on any atom is -0.481 e. The maximum atomic E-state index is 10.9. The van der Waals surface area contributed by atoms with Crippen LogP contribution in [0.2, 0.25) is 0 Å². The Morgan fingerprint density at radius 1 is 1.47 bits per heavy atom. The third-order valence-corrected chi connectivity index (χ3v) is 2.57. The first-order valence-electron chi connectivity index (χ1n) is 5.04. The Morgan fingerprint density at radius 3 is 2.88 bits per heavy atom. The molecule has 0 saturated heterocycles.